The standard InChI is InChI=1S/C10H17NO/c1-4-9-6-5-7-11(9)10(12)8(2)3/h9H,2,4-7H2,1,3H3/t9-/m1/s1. The molecule has 1 rings (SSSR count). The molecule has 0 saturated carbocycles. The SMILES string of the molecule is C=C(C)C(=O)N1CCC[C@H]1CC. The van der Waals surface area contributed by atoms with Crippen molar-refractivity contribution in [2.75, 3.05) is 6.54 Å². The van der Waals surface area contributed by atoms with Gasteiger partial charge in [-0.05, 0) is 26.2 Å². The monoisotopic (exact) mass is 167 g/mol. The van der Waals surface area contributed by atoms with Crippen LogP contribution in [0.15, 0.2) is 12.2 Å². The summed E-state index contributed by atoms with van der Waals surface area (Å²) in [4.78, 5) is 13.5. The van der Waals surface area contributed by atoms with Crippen molar-refractivity contribution >= 4 is 5.91 Å². The Morgan fingerprint density at radius 2 is 2.33 bits per heavy atom. The molecular formula is C10H17NO. The maximum Gasteiger partial charge on any atom is 0.249 e. The number of amides is 1. The Morgan fingerprint density at radius 1 is 1.67 bits per heavy atom. The fourth-order valence-corrected chi connectivity index (χ4v) is 1.77. The van der Waals surface area contributed by atoms with Gasteiger partial charge < -0.3 is 4.90 Å². The normalized spacial score (nSPS) is 22.8. The lowest BCUT2D eigenvalue weighted by Crippen LogP contribution is -2.35. The van der Waals surface area contributed by atoms with Gasteiger partial charge in [0, 0.05) is 18.2 Å². The minimum Gasteiger partial charge on any atom is -0.336 e. The van der Waals surface area contributed by atoms with Crippen molar-refractivity contribution in [3.05, 3.63) is 12.2 Å². The van der Waals surface area contributed by atoms with Gasteiger partial charge >= 0.3 is 0 Å². The summed E-state index contributed by atoms with van der Waals surface area (Å²) < 4.78 is 0. The summed E-state index contributed by atoms with van der Waals surface area (Å²) in [6.07, 6.45) is 3.38. The average Bonchev–Trinajstić information content (AvgIpc) is 2.49. The Morgan fingerprint density at radius 3 is 2.83 bits per heavy atom. The molecule has 1 fully saturated rings. The predicted octanol–water partition coefficient (Wildman–Crippen LogP) is 1.96. The number of carbonyl (C=O) groups excluding carboxylic acids is 1. The second kappa shape index (κ2) is 3.74. The summed E-state index contributed by atoms with van der Waals surface area (Å²) in [6.45, 7) is 8.52. The van der Waals surface area contributed by atoms with E-state index < -0.39 is 0 Å². The molecule has 0 N–H and O–H groups in total. The summed E-state index contributed by atoms with van der Waals surface area (Å²) in [5.74, 6) is 0.138. The molecule has 1 saturated heterocycles. The van der Waals surface area contributed by atoms with E-state index in [9.17, 15) is 4.79 Å². The first-order valence-corrected chi connectivity index (χ1v) is 4.63. The van der Waals surface area contributed by atoms with E-state index in [2.05, 4.69) is 13.5 Å². The van der Waals surface area contributed by atoms with E-state index in [4.69, 9.17) is 0 Å². The molecule has 0 radical (unpaired) electrons. The summed E-state index contributed by atoms with van der Waals surface area (Å²) in [5.41, 5.74) is 0.662. The largest absolute Gasteiger partial charge is 0.336 e. The van der Waals surface area contributed by atoms with Crippen LogP contribution >= 0.6 is 0 Å². The lowest BCUT2D eigenvalue weighted by atomic mass is 10.1. The molecule has 0 unspecified atom stereocenters. The van der Waals surface area contributed by atoms with E-state index in [1.807, 2.05) is 4.90 Å². The molecule has 0 spiro atoms. The lowest BCUT2D eigenvalue weighted by molar-refractivity contribution is -0.127. The highest BCUT2D eigenvalue weighted by molar-refractivity contribution is 5.92. The molecule has 1 aliphatic heterocycles. The second-order valence-corrected chi connectivity index (χ2v) is 3.48. The molecule has 0 aliphatic carbocycles. The lowest BCUT2D eigenvalue weighted by Gasteiger charge is -2.23. The third-order valence-electron chi connectivity index (χ3n) is 2.47. The van der Waals surface area contributed by atoms with Gasteiger partial charge in [0.2, 0.25) is 5.91 Å². The molecule has 2 heteroatoms. The fourth-order valence-electron chi connectivity index (χ4n) is 1.77. The number of hydrogen-bond donors (Lipinski definition) is 0. The van der Waals surface area contributed by atoms with Crippen LogP contribution in [-0.2, 0) is 4.79 Å². The van der Waals surface area contributed by atoms with Crippen LogP contribution in [0.2, 0.25) is 0 Å². The molecule has 0 aromatic heterocycles. The van der Waals surface area contributed by atoms with Crippen molar-refractivity contribution in [2.24, 2.45) is 0 Å². The van der Waals surface area contributed by atoms with Gasteiger partial charge in [0.15, 0.2) is 0 Å². The Labute approximate surface area is 74.2 Å². The van der Waals surface area contributed by atoms with E-state index in [1.165, 1.54) is 0 Å². The Balaban J connectivity index is 2.61. The first-order chi connectivity index (χ1) is 5.66. The molecule has 12 heavy (non-hydrogen) atoms. The van der Waals surface area contributed by atoms with E-state index in [0.717, 1.165) is 25.8 Å². The van der Waals surface area contributed by atoms with Crippen molar-refractivity contribution in [1.29, 1.82) is 0 Å². The van der Waals surface area contributed by atoms with Crippen LogP contribution in [0, 0.1) is 0 Å². The zero-order chi connectivity index (χ0) is 9.14. The first-order valence-electron chi connectivity index (χ1n) is 4.63. The van der Waals surface area contributed by atoms with Crippen LogP contribution < -0.4 is 0 Å². The molecule has 1 aliphatic rings. The van der Waals surface area contributed by atoms with Gasteiger partial charge in [-0.3, -0.25) is 4.79 Å². The molecule has 1 atom stereocenters. The third kappa shape index (κ3) is 1.68. The van der Waals surface area contributed by atoms with Gasteiger partial charge in [-0.25, -0.2) is 0 Å². The van der Waals surface area contributed by atoms with Gasteiger partial charge in [-0.2, -0.15) is 0 Å². The molecule has 0 aromatic carbocycles. The number of likely N-dealkylation sites (tertiary alicyclic amines) is 1. The van der Waals surface area contributed by atoms with Crippen molar-refractivity contribution < 1.29 is 4.79 Å². The number of nitrogens with zero attached hydrogens (tertiary/aromatic N) is 1. The van der Waals surface area contributed by atoms with Gasteiger partial charge in [-0.1, -0.05) is 13.5 Å². The Hall–Kier alpha value is -0.790. The molecule has 68 valence electrons. The van der Waals surface area contributed by atoms with Crippen LogP contribution in [0.5, 0.6) is 0 Å². The molecule has 1 amide bonds. The number of rotatable bonds is 2. The van der Waals surface area contributed by atoms with Crippen LogP contribution in [-0.4, -0.2) is 23.4 Å². The van der Waals surface area contributed by atoms with Gasteiger partial charge in [0.1, 0.15) is 0 Å². The van der Waals surface area contributed by atoms with Crippen molar-refractivity contribution in [1.82, 2.24) is 4.90 Å². The second-order valence-electron chi connectivity index (χ2n) is 3.48. The van der Waals surface area contributed by atoms with Gasteiger partial charge in [0.25, 0.3) is 0 Å². The number of carbonyl (C=O) groups is 1. The molecule has 2 nitrogen and oxygen atoms in total. The molecule has 0 bridgehead atoms. The average molecular weight is 167 g/mol. The smallest absolute Gasteiger partial charge is 0.249 e. The predicted molar refractivity (Wildman–Crippen MR) is 49.8 cm³/mol. The molecule has 1 heterocycles. The van der Waals surface area contributed by atoms with Crippen molar-refractivity contribution in [3.8, 4) is 0 Å². The van der Waals surface area contributed by atoms with Gasteiger partial charge in [-0.15, -0.1) is 0 Å². The highest BCUT2D eigenvalue weighted by Crippen LogP contribution is 2.21. The Bertz CT molecular complexity index is 198. The van der Waals surface area contributed by atoms with Crippen LogP contribution in [0.25, 0.3) is 0 Å². The number of hydrogen-bond acceptors (Lipinski definition) is 1. The van der Waals surface area contributed by atoms with Crippen LogP contribution in [0.3, 0.4) is 0 Å². The van der Waals surface area contributed by atoms with Crippen LogP contribution in [0.1, 0.15) is 33.1 Å². The van der Waals surface area contributed by atoms with E-state index in [0.29, 0.717) is 11.6 Å². The summed E-state index contributed by atoms with van der Waals surface area (Å²) >= 11 is 0. The summed E-state index contributed by atoms with van der Waals surface area (Å²) in [6, 6.07) is 0.467. The molecular weight excluding hydrogens is 150 g/mol. The van der Waals surface area contributed by atoms with Gasteiger partial charge in [0.05, 0.1) is 0 Å². The van der Waals surface area contributed by atoms with E-state index >= 15 is 0 Å². The quantitative estimate of drug-likeness (QED) is 0.576. The van der Waals surface area contributed by atoms with E-state index in [1.54, 1.807) is 6.92 Å². The van der Waals surface area contributed by atoms with E-state index in [-0.39, 0.29) is 5.91 Å². The highest BCUT2D eigenvalue weighted by Gasteiger charge is 2.26. The zero-order valence-electron chi connectivity index (χ0n) is 7.97. The fraction of sp³-hybridized carbons (Fsp3) is 0.700. The van der Waals surface area contributed by atoms with Crippen molar-refractivity contribution in [2.45, 2.75) is 39.2 Å². The summed E-state index contributed by atoms with van der Waals surface area (Å²) in [7, 11) is 0. The molecule has 0 aromatic rings. The maximum absolute atomic E-state index is 11.5. The minimum atomic E-state index is 0.138. The first kappa shape index (κ1) is 9.30. The summed E-state index contributed by atoms with van der Waals surface area (Å²) in [5, 5.41) is 0. The Kier molecular flexibility index (Phi) is 2.90. The zero-order valence-corrected chi connectivity index (χ0v) is 7.97. The third-order valence-corrected chi connectivity index (χ3v) is 2.47. The maximum atomic E-state index is 11.5. The van der Waals surface area contributed by atoms with Crippen molar-refractivity contribution in [3.63, 3.8) is 0 Å². The highest BCUT2D eigenvalue weighted by atomic mass is 16.2. The topological polar surface area (TPSA) is 20.3 Å². The van der Waals surface area contributed by atoms with Crippen LogP contribution in [0.4, 0.5) is 0 Å². The minimum absolute atomic E-state index is 0.138.